The molecule has 0 aromatic rings. The first kappa shape index (κ1) is 28.0. The van der Waals surface area contributed by atoms with Crippen molar-refractivity contribution in [1.82, 2.24) is 0 Å². The van der Waals surface area contributed by atoms with Gasteiger partial charge in [0.05, 0.1) is 17.4 Å². The first-order valence-corrected chi connectivity index (χ1v) is 11.3. The lowest BCUT2D eigenvalue weighted by molar-refractivity contribution is -0.251. The van der Waals surface area contributed by atoms with E-state index in [-0.39, 0.29) is 0 Å². The Morgan fingerprint density at radius 2 is 0.778 bits per heavy atom. The molecule has 0 aliphatic heterocycles. The van der Waals surface area contributed by atoms with Gasteiger partial charge >= 0.3 is 12.4 Å². The van der Waals surface area contributed by atoms with Gasteiger partial charge in [0.2, 0.25) is 0 Å². The number of fused-ring (bicyclic) bond motifs is 3. The smallest absolute Gasteiger partial charge is 0.389 e. The van der Waals surface area contributed by atoms with Crippen LogP contribution in [0.5, 0.6) is 0 Å². The summed E-state index contributed by atoms with van der Waals surface area (Å²) in [6.07, 6.45) is -41.4. The van der Waals surface area contributed by atoms with Crippen LogP contribution in [0, 0.1) is 41.4 Å². The van der Waals surface area contributed by atoms with Crippen LogP contribution in [0.2, 0.25) is 0 Å². The van der Waals surface area contributed by atoms with Gasteiger partial charge < -0.3 is 5.11 Å². The molecule has 1 N–H and O–H groups in total. The van der Waals surface area contributed by atoms with Crippen LogP contribution in [-0.4, -0.2) is 72.4 Å². The maximum absolute atomic E-state index is 15.1. The Morgan fingerprint density at radius 3 is 1.08 bits per heavy atom. The Labute approximate surface area is 195 Å². The molecule has 14 unspecified atom stereocenters. The molecule has 14 atom stereocenters. The highest BCUT2D eigenvalue weighted by molar-refractivity contribution is 5.23. The minimum absolute atomic E-state index is 1.40. The molecular weight excluding hydrogens is 534 g/mol. The second-order valence-electron chi connectivity index (χ2n) is 10.5. The van der Waals surface area contributed by atoms with E-state index in [0.29, 0.717) is 0 Å². The number of rotatable bonds is 1. The number of alkyl halides is 14. The lowest BCUT2D eigenvalue weighted by Crippen LogP contribution is -2.62. The van der Waals surface area contributed by atoms with Crippen molar-refractivity contribution in [2.75, 3.05) is 0 Å². The van der Waals surface area contributed by atoms with Gasteiger partial charge in [0.1, 0.15) is 24.7 Å². The summed E-state index contributed by atoms with van der Waals surface area (Å²) in [6.45, 7) is 0. The molecule has 0 saturated heterocycles. The number of aliphatic hydroxyl groups is 1. The maximum Gasteiger partial charge on any atom is 0.391 e. The van der Waals surface area contributed by atoms with Crippen molar-refractivity contribution in [3.63, 3.8) is 0 Å². The van der Waals surface area contributed by atoms with Crippen molar-refractivity contribution in [3.8, 4) is 0 Å². The van der Waals surface area contributed by atoms with Gasteiger partial charge in [-0.2, -0.15) is 26.3 Å². The van der Waals surface area contributed by atoms with Crippen LogP contribution < -0.4 is 0 Å². The van der Waals surface area contributed by atoms with Gasteiger partial charge in [-0.25, -0.2) is 35.1 Å². The molecule has 4 aliphatic carbocycles. The Morgan fingerprint density at radius 1 is 0.472 bits per heavy atom. The van der Waals surface area contributed by atoms with E-state index in [9.17, 15) is 57.8 Å². The summed E-state index contributed by atoms with van der Waals surface area (Å²) < 4.78 is 198. The van der Waals surface area contributed by atoms with Crippen molar-refractivity contribution >= 4 is 0 Å². The zero-order chi connectivity index (χ0) is 27.3. The fourth-order valence-corrected chi connectivity index (χ4v) is 7.37. The second-order valence-corrected chi connectivity index (χ2v) is 10.5. The van der Waals surface area contributed by atoms with Gasteiger partial charge in [0.25, 0.3) is 0 Å². The van der Waals surface area contributed by atoms with Crippen LogP contribution in [-0.2, 0) is 0 Å². The fraction of sp³-hybridized carbons (Fsp3) is 1.00. The predicted octanol–water partition coefficient (Wildman–Crippen LogP) is 6.09. The Kier molecular flexibility index (Phi) is 6.81. The number of hydrogen-bond donors (Lipinski definition) is 1. The first-order valence-electron chi connectivity index (χ1n) is 11.3. The molecule has 0 aromatic heterocycles. The second kappa shape index (κ2) is 8.75. The van der Waals surface area contributed by atoms with E-state index in [1.165, 1.54) is 0 Å². The molecule has 36 heavy (non-hydrogen) atoms. The zero-order valence-corrected chi connectivity index (χ0v) is 18.0. The van der Waals surface area contributed by atoms with Gasteiger partial charge in [-0.15, -0.1) is 0 Å². The number of halogens is 14. The van der Waals surface area contributed by atoms with Crippen LogP contribution in [0.15, 0.2) is 0 Å². The molecule has 0 amide bonds. The lowest BCUT2D eigenvalue weighted by atomic mass is 9.59. The zero-order valence-electron chi connectivity index (χ0n) is 18.0. The molecule has 0 radical (unpaired) electrons. The summed E-state index contributed by atoms with van der Waals surface area (Å²) in [5.41, 5.74) is -3.56. The minimum Gasteiger partial charge on any atom is -0.389 e. The minimum atomic E-state index is -5.30. The van der Waals surface area contributed by atoms with Crippen molar-refractivity contribution in [3.05, 3.63) is 0 Å². The average Bonchev–Trinajstić information content (AvgIpc) is 3.07. The van der Waals surface area contributed by atoms with E-state index in [0.717, 1.165) is 0 Å². The molecule has 4 aliphatic rings. The van der Waals surface area contributed by atoms with E-state index < -0.39 is 128 Å². The van der Waals surface area contributed by atoms with Crippen molar-refractivity contribution in [2.24, 2.45) is 41.4 Å². The molecule has 0 heterocycles. The summed E-state index contributed by atoms with van der Waals surface area (Å²) in [5, 5.41) is 11.5. The first-order chi connectivity index (χ1) is 16.3. The average molecular weight is 556 g/mol. The molecule has 15 heteroatoms. The largest absolute Gasteiger partial charge is 0.391 e. The maximum atomic E-state index is 15.1. The van der Waals surface area contributed by atoms with Crippen LogP contribution >= 0.6 is 0 Å². The standard InChI is InChI=1S/C21H22F14O/c22-11-7-8-10(14(25)18(29)16(27)12(8)23)19(36,9(7)13(24)17(28)15(11)26)4-1-5(20(30,31)32)3-6(2-4)21(33,34)35/h4-18,36H,1-3H2. The third kappa shape index (κ3) is 3.90. The molecule has 1 nitrogen and oxygen atoms in total. The van der Waals surface area contributed by atoms with Crippen molar-refractivity contribution in [2.45, 2.75) is 86.6 Å². The molecule has 0 bridgehead atoms. The molecule has 4 fully saturated rings. The van der Waals surface area contributed by atoms with Gasteiger partial charge in [-0.3, -0.25) is 0 Å². The van der Waals surface area contributed by atoms with Gasteiger partial charge in [-0.1, -0.05) is 0 Å². The number of hydrogen-bond acceptors (Lipinski definition) is 1. The molecule has 0 spiro atoms. The predicted molar refractivity (Wildman–Crippen MR) is 94.5 cm³/mol. The van der Waals surface area contributed by atoms with Crippen molar-refractivity contribution in [1.29, 1.82) is 0 Å². The van der Waals surface area contributed by atoms with Crippen LogP contribution in [0.1, 0.15) is 19.3 Å². The Balaban J connectivity index is 1.88. The van der Waals surface area contributed by atoms with E-state index in [4.69, 9.17) is 0 Å². The summed E-state index contributed by atoms with van der Waals surface area (Å²) in [4.78, 5) is 0. The Hall–Kier alpha value is -1.02. The molecular formula is C21H22F14O. The third-order valence-corrected chi connectivity index (χ3v) is 8.88. The summed E-state index contributed by atoms with van der Waals surface area (Å²) in [6, 6.07) is 0. The molecule has 4 saturated carbocycles. The van der Waals surface area contributed by atoms with Gasteiger partial charge in [0, 0.05) is 23.7 Å². The van der Waals surface area contributed by atoms with Crippen LogP contribution in [0.3, 0.4) is 0 Å². The highest BCUT2D eigenvalue weighted by atomic mass is 19.4. The molecule has 4 rings (SSSR count). The van der Waals surface area contributed by atoms with Crippen molar-refractivity contribution < 1.29 is 66.6 Å². The topological polar surface area (TPSA) is 20.2 Å². The van der Waals surface area contributed by atoms with Gasteiger partial charge in [0.15, 0.2) is 24.7 Å². The van der Waals surface area contributed by atoms with Crippen LogP contribution in [0.4, 0.5) is 61.5 Å². The van der Waals surface area contributed by atoms with E-state index in [1.54, 1.807) is 0 Å². The Bertz CT molecular complexity index is 757. The van der Waals surface area contributed by atoms with E-state index >= 15 is 8.78 Å². The highest BCUT2D eigenvalue weighted by Crippen LogP contribution is 2.67. The lowest BCUT2D eigenvalue weighted by Gasteiger charge is -2.51. The van der Waals surface area contributed by atoms with Crippen LogP contribution in [0.25, 0.3) is 0 Å². The monoisotopic (exact) mass is 556 g/mol. The highest BCUT2D eigenvalue weighted by Gasteiger charge is 2.77. The summed E-state index contributed by atoms with van der Waals surface area (Å²) in [5.74, 6) is -18.6. The van der Waals surface area contributed by atoms with E-state index in [2.05, 4.69) is 0 Å². The summed E-state index contributed by atoms with van der Waals surface area (Å²) in [7, 11) is 0. The molecule has 0 aromatic carbocycles. The summed E-state index contributed by atoms with van der Waals surface area (Å²) >= 11 is 0. The fourth-order valence-electron chi connectivity index (χ4n) is 7.37. The molecule has 210 valence electrons. The normalized spacial score (nSPS) is 56.2. The van der Waals surface area contributed by atoms with Gasteiger partial charge in [-0.05, 0) is 25.2 Å². The quantitative estimate of drug-likeness (QED) is 0.388. The third-order valence-electron chi connectivity index (χ3n) is 8.88. The SMILES string of the molecule is OC1(C2CC(C(F)(F)F)CC(C(F)(F)F)C2)C2C(F)C(F)C(F)C(F)C2C2C(F)C(F)C(F)C(F)C21. The van der Waals surface area contributed by atoms with E-state index in [1.807, 2.05) is 0 Å².